The van der Waals surface area contributed by atoms with Gasteiger partial charge in [0.15, 0.2) is 6.29 Å². The number of sulfonamides is 1. The highest BCUT2D eigenvalue weighted by atomic mass is 32.2. The Hall–Kier alpha value is -3.00. The van der Waals surface area contributed by atoms with E-state index in [4.69, 9.17) is 23.7 Å². The summed E-state index contributed by atoms with van der Waals surface area (Å²) >= 11 is 0. The predicted octanol–water partition coefficient (Wildman–Crippen LogP) is 3.79. The molecular formula is C33H44N2O9S. The van der Waals surface area contributed by atoms with Gasteiger partial charge in [0.2, 0.25) is 10.0 Å². The third kappa shape index (κ3) is 8.84. The number of hydrogen-bond acceptors (Lipinski definition) is 9. The van der Waals surface area contributed by atoms with Gasteiger partial charge < -0.3 is 34.1 Å². The van der Waals surface area contributed by atoms with Gasteiger partial charge in [-0.2, -0.15) is 4.31 Å². The van der Waals surface area contributed by atoms with Gasteiger partial charge in [-0.1, -0.05) is 42.5 Å². The number of carbonyl (C=O) groups is 1. The van der Waals surface area contributed by atoms with Crippen molar-refractivity contribution in [2.75, 3.05) is 40.0 Å². The van der Waals surface area contributed by atoms with Gasteiger partial charge >= 0.3 is 6.09 Å². The Morgan fingerprint density at radius 1 is 1.09 bits per heavy atom. The molecule has 0 unspecified atom stereocenters. The smallest absolute Gasteiger partial charge is 0.407 e. The van der Waals surface area contributed by atoms with Crippen molar-refractivity contribution in [3.63, 3.8) is 0 Å². The molecule has 3 aliphatic rings. The number of rotatable bonds is 8. The van der Waals surface area contributed by atoms with Gasteiger partial charge in [0.25, 0.3) is 0 Å². The van der Waals surface area contributed by atoms with E-state index in [1.807, 2.05) is 42.5 Å². The first kappa shape index (κ1) is 33.4. The zero-order valence-electron chi connectivity index (χ0n) is 25.7. The fraction of sp³-hybridized carbons (Fsp3) is 0.545. The molecule has 2 aromatic carbocycles. The number of alkyl carbamates (subject to hydrolysis) is 1. The fourth-order valence-corrected chi connectivity index (χ4v) is 7.74. The van der Waals surface area contributed by atoms with E-state index in [0.717, 1.165) is 24.8 Å². The van der Waals surface area contributed by atoms with Crippen LogP contribution in [0.4, 0.5) is 4.79 Å². The molecule has 0 spiro atoms. The molecule has 0 radical (unpaired) electrons. The molecule has 3 aliphatic heterocycles. The van der Waals surface area contributed by atoms with Crippen LogP contribution in [0.1, 0.15) is 43.2 Å². The lowest BCUT2D eigenvalue weighted by Gasteiger charge is -2.33. The van der Waals surface area contributed by atoms with Crippen molar-refractivity contribution in [2.24, 2.45) is 5.92 Å². The lowest BCUT2D eigenvalue weighted by Crippen LogP contribution is -2.52. The van der Waals surface area contributed by atoms with E-state index in [1.165, 1.54) is 17.5 Å². The quantitative estimate of drug-likeness (QED) is 0.412. The van der Waals surface area contributed by atoms with E-state index >= 15 is 0 Å². The summed E-state index contributed by atoms with van der Waals surface area (Å²) in [6.45, 7) is 1.40. The largest absolute Gasteiger partial charge is 0.497 e. The van der Waals surface area contributed by atoms with Crippen molar-refractivity contribution in [1.82, 2.24) is 9.62 Å². The summed E-state index contributed by atoms with van der Waals surface area (Å²) in [5.41, 5.74) is 1.35. The number of fused-ring (bicyclic) bond motifs is 2. The molecule has 0 saturated carbocycles. The number of aliphatic hydroxyl groups excluding tert-OH is 1. The van der Waals surface area contributed by atoms with Crippen molar-refractivity contribution >= 4 is 16.1 Å². The lowest BCUT2D eigenvalue weighted by molar-refractivity contribution is -0.179. The molecule has 2 saturated heterocycles. The first-order chi connectivity index (χ1) is 21.8. The number of nitrogens with one attached hydrogen (secondary N) is 1. The third-order valence-electron chi connectivity index (χ3n) is 8.51. The summed E-state index contributed by atoms with van der Waals surface area (Å²) in [6.07, 6.45) is 5.02. The molecular weight excluding hydrogens is 600 g/mol. The number of amides is 1. The number of benzene rings is 2. The van der Waals surface area contributed by atoms with Gasteiger partial charge in [-0.25, -0.2) is 13.2 Å². The van der Waals surface area contributed by atoms with Gasteiger partial charge in [0.1, 0.15) is 11.9 Å². The van der Waals surface area contributed by atoms with E-state index in [2.05, 4.69) is 5.32 Å². The Bertz CT molecular complexity index is 1390. The number of nitrogens with zero attached hydrogens (tertiary/aromatic N) is 1. The first-order valence-corrected chi connectivity index (χ1v) is 17.1. The van der Waals surface area contributed by atoms with Crippen LogP contribution in [0.3, 0.4) is 0 Å². The highest BCUT2D eigenvalue weighted by molar-refractivity contribution is 7.89. The molecule has 5 rings (SSSR count). The molecule has 5 atom stereocenters. The number of aliphatic hydroxyl groups is 1. The second-order valence-corrected chi connectivity index (χ2v) is 13.5. The Morgan fingerprint density at radius 3 is 2.69 bits per heavy atom. The van der Waals surface area contributed by atoms with Gasteiger partial charge in [-0.15, -0.1) is 0 Å². The first-order valence-electron chi connectivity index (χ1n) is 15.7. The van der Waals surface area contributed by atoms with Crippen LogP contribution in [0.5, 0.6) is 5.75 Å². The Morgan fingerprint density at radius 2 is 1.89 bits per heavy atom. The van der Waals surface area contributed by atoms with Crippen LogP contribution in [0, 0.1) is 5.92 Å². The van der Waals surface area contributed by atoms with Crippen LogP contribution in [0.25, 0.3) is 0 Å². The van der Waals surface area contributed by atoms with Crippen LogP contribution in [0.2, 0.25) is 0 Å². The Kier molecular flexibility index (Phi) is 11.9. The van der Waals surface area contributed by atoms with Crippen molar-refractivity contribution in [3.05, 3.63) is 71.8 Å². The van der Waals surface area contributed by atoms with E-state index in [-0.39, 0.29) is 49.3 Å². The molecule has 2 N–H and O–H groups in total. The van der Waals surface area contributed by atoms with Gasteiger partial charge in [0, 0.05) is 31.0 Å². The fourth-order valence-electron chi connectivity index (χ4n) is 6.05. The van der Waals surface area contributed by atoms with Crippen LogP contribution >= 0.6 is 0 Å². The normalized spacial score (nSPS) is 26.0. The number of ether oxygens (including phenoxy) is 5. The Balaban J connectivity index is 1.37. The molecule has 2 aromatic rings. The minimum atomic E-state index is -4.06. The molecule has 0 bridgehead atoms. The summed E-state index contributed by atoms with van der Waals surface area (Å²) < 4.78 is 57.9. The maximum Gasteiger partial charge on any atom is 0.407 e. The molecule has 3 heterocycles. The molecule has 0 aliphatic carbocycles. The molecule has 45 heavy (non-hydrogen) atoms. The highest BCUT2D eigenvalue weighted by Gasteiger charge is 2.41. The molecule has 12 heteroatoms. The molecule has 246 valence electrons. The standard InChI is InChI=1S/C33H44N2O9S/c1-40-26-12-13-31-25(21-26)23-41-17-9-4-2-3-8-16-35(45(31,38)39)22-29(36)28(20-24-10-6-5-7-11-24)34-33(37)44-30-15-19-43-32-27(30)14-18-42-32/h4-7,9-13,21,27-30,32,36H,2-3,8,14-20,22-23H2,1H3,(H,34,37)/b9-4+/t27-,28-,29+,30-,32+/m0/s1. The van der Waals surface area contributed by atoms with E-state index in [1.54, 1.807) is 12.1 Å². The topological polar surface area (TPSA) is 133 Å². The van der Waals surface area contributed by atoms with Crippen molar-refractivity contribution in [1.29, 1.82) is 0 Å². The van der Waals surface area contributed by atoms with Crippen molar-refractivity contribution in [2.45, 2.75) is 74.6 Å². The number of allylic oxidation sites excluding steroid dienone is 1. The lowest BCUT2D eigenvalue weighted by atomic mass is 9.95. The maximum atomic E-state index is 14.2. The zero-order chi connectivity index (χ0) is 31.6. The number of β-amino-alcohol motifs (C(OH)–C–C–N with tert-alkyl or cyclic N) is 1. The van der Waals surface area contributed by atoms with E-state index < -0.39 is 28.3 Å². The highest BCUT2D eigenvalue weighted by Crippen LogP contribution is 2.33. The van der Waals surface area contributed by atoms with E-state index in [0.29, 0.717) is 44.0 Å². The Labute approximate surface area is 265 Å². The monoisotopic (exact) mass is 644 g/mol. The summed E-state index contributed by atoms with van der Waals surface area (Å²) in [6, 6.07) is 13.4. The van der Waals surface area contributed by atoms with Gasteiger partial charge in [0.05, 0.1) is 50.6 Å². The van der Waals surface area contributed by atoms with Crippen LogP contribution in [0.15, 0.2) is 65.6 Å². The van der Waals surface area contributed by atoms with Crippen LogP contribution < -0.4 is 10.1 Å². The summed E-state index contributed by atoms with van der Waals surface area (Å²) in [4.78, 5) is 13.3. The summed E-state index contributed by atoms with van der Waals surface area (Å²) in [5.74, 6) is 0.473. The zero-order valence-corrected chi connectivity index (χ0v) is 26.5. The number of methoxy groups -OCH3 is 1. The summed E-state index contributed by atoms with van der Waals surface area (Å²) in [7, 11) is -2.54. The number of carbonyl (C=O) groups excluding carboxylic acids is 1. The van der Waals surface area contributed by atoms with Gasteiger partial charge in [-0.05, 0) is 55.9 Å². The second-order valence-electron chi connectivity index (χ2n) is 11.6. The minimum Gasteiger partial charge on any atom is -0.497 e. The summed E-state index contributed by atoms with van der Waals surface area (Å²) in [5, 5.41) is 14.5. The van der Waals surface area contributed by atoms with Crippen LogP contribution in [-0.4, -0.2) is 88.5 Å². The average molecular weight is 645 g/mol. The van der Waals surface area contributed by atoms with Crippen LogP contribution in [-0.2, 0) is 42.0 Å². The molecule has 0 aromatic heterocycles. The average Bonchev–Trinajstić information content (AvgIpc) is 3.53. The minimum absolute atomic E-state index is 0.0452. The number of hydrogen-bond donors (Lipinski definition) is 2. The maximum absolute atomic E-state index is 14.2. The molecule has 1 amide bonds. The molecule has 2 fully saturated rings. The predicted molar refractivity (Wildman–Crippen MR) is 166 cm³/mol. The van der Waals surface area contributed by atoms with Crippen molar-refractivity contribution < 1.29 is 42.0 Å². The van der Waals surface area contributed by atoms with Gasteiger partial charge in [-0.3, -0.25) is 0 Å². The third-order valence-corrected chi connectivity index (χ3v) is 10.5. The molecule has 11 nitrogen and oxygen atoms in total. The van der Waals surface area contributed by atoms with E-state index in [9.17, 15) is 18.3 Å². The SMILES string of the molecule is COc1ccc2c(c1)COC/C=C/CCCCN(C[C@@H](O)[C@H](Cc1ccccc1)NC(=O)O[C@H]1CCO[C@H]3OCC[C@H]31)S2(=O)=O. The second kappa shape index (κ2) is 16.0. The van der Waals surface area contributed by atoms with Crippen molar-refractivity contribution in [3.8, 4) is 5.75 Å².